The van der Waals surface area contributed by atoms with Crippen LogP contribution in [0, 0.1) is 0 Å². The average Bonchev–Trinajstić information content (AvgIpc) is 2.52. The van der Waals surface area contributed by atoms with Crippen molar-refractivity contribution in [1.82, 2.24) is 10.2 Å². The molecule has 3 nitrogen and oxygen atoms in total. The summed E-state index contributed by atoms with van der Waals surface area (Å²) in [5, 5.41) is 3.42. The third-order valence-electron chi connectivity index (χ3n) is 3.26. The summed E-state index contributed by atoms with van der Waals surface area (Å²) in [6.07, 6.45) is 2.69. The highest BCUT2D eigenvalue weighted by molar-refractivity contribution is 4.87. The second-order valence-corrected chi connectivity index (χ2v) is 4.85. The van der Waals surface area contributed by atoms with Gasteiger partial charge in [-0.05, 0) is 40.2 Å². The van der Waals surface area contributed by atoms with Crippen molar-refractivity contribution in [2.75, 3.05) is 39.4 Å². The van der Waals surface area contributed by atoms with E-state index in [9.17, 15) is 0 Å². The first-order valence-electron chi connectivity index (χ1n) is 6.20. The molecule has 0 spiro atoms. The lowest BCUT2D eigenvalue weighted by Gasteiger charge is -2.31. The highest BCUT2D eigenvalue weighted by Crippen LogP contribution is 2.27. The number of hydrogen-bond donors (Lipinski definition) is 1. The summed E-state index contributed by atoms with van der Waals surface area (Å²) >= 11 is 0. The van der Waals surface area contributed by atoms with Crippen molar-refractivity contribution in [3.63, 3.8) is 0 Å². The van der Waals surface area contributed by atoms with Crippen molar-refractivity contribution in [2.24, 2.45) is 0 Å². The SMILES string of the molecule is CCOCCNCCN1CCCC1(C)C. The minimum atomic E-state index is 0.418. The smallest absolute Gasteiger partial charge is 0.0590 e. The van der Waals surface area contributed by atoms with Gasteiger partial charge in [-0.1, -0.05) is 0 Å². The Morgan fingerprint density at radius 2 is 2.13 bits per heavy atom. The van der Waals surface area contributed by atoms with E-state index in [1.165, 1.54) is 25.9 Å². The summed E-state index contributed by atoms with van der Waals surface area (Å²) < 4.78 is 5.27. The van der Waals surface area contributed by atoms with Crippen LogP contribution >= 0.6 is 0 Å². The third-order valence-corrected chi connectivity index (χ3v) is 3.26. The van der Waals surface area contributed by atoms with Crippen molar-refractivity contribution < 1.29 is 4.74 Å². The van der Waals surface area contributed by atoms with Gasteiger partial charge in [0.1, 0.15) is 0 Å². The van der Waals surface area contributed by atoms with Crippen LogP contribution in [0.5, 0.6) is 0 Å². The molecule has 0 amide bonds. The maximum Gasteiger partial charge on any atom is 0.0590 e. The highest BCUT2D eigenvalue weighted by atomic mass is 16.5. The fourth-order valence-corrected chi connectivity index (χ4v) is 2.21. The van der Waals surface area contributed by atoms with Crippen LogP contribution < -0.4 is 5.32 Å². The number of rotatable bonds is 7. The van der Waals surface area contributed by atoms with Gasteiger partial charge in [-0.2, -0.15) is 0 Å². The second-order valence-electron chi connectivity index (χ2n) is 4.85. The summed E-state index contributed by atoms with van der Waals surface area (Å²) in [5.41, 5.74) is 0.418. The van der Waals surface area contributed by atoms with Gasteiger partial charge in [-0.15, -0.1) is 0 Å². The number of hydrogen-bond acceptors (Lipinski definition) is 3. The van der Waals surface area contributed by atoms with E-state index in [0.717, 1.165) is 26.3 Å². The normalized spacial score (nSPS) is 21.0. The van der Waals surface area contributed by atoms with E-state index in [0.29, 0.717) is 5.54 Å². The summed E-state index contributed by atoms with van der Waals surface area (Å²) in [7, 11) is 0. The molecule has 0 bridgehead atoms. The summed E-state index contributed by atoms with van der Waals surface area (Å²) in [6.45, 7) is 12.9. The van der Waals surface area contributed by atoms with Gasteiger partial charge >= 0.3 is 0 Å². The molecular weight excluding hydrogens is 188 g/mol. The monoisotopic (exact) mass is 214 g/mol. The molecule has 1 aliphatic rings. The lowest BCUT2D eigenvalue weighted by molar-refractivity contribution is 0.144. The minimum Gasteiger partial charge on any atom is -0.380 e. The molecule has 0 aromatic carbocycles. The molecule has 0 aliphatic carbocycles. The largest absolute Gasteiger partial charge is 0.380 e. The summed E-state index contributed by atoms with van der Waals surface area (Å²) in [4.78, 5) is 2.58. The number of likely N-dealkylation sites (tertiary alicyclic amines) is 1. The molecule has 0 unspecified atom stereocenters. The van der Waals surface area contributed by atoms with Crippen LogP contribution in [-0.2, 0) is 4.74 Å². The van der Waals surface area contributed by atoms with Crippen molar-refractivity contribution >= 4 is 0 Å². The Kier molecular flexibility index (Phi) is 5.58. The first kappa shape index (κ1) is 12.9. The van der Waals surface area contributed by atoms with E-state index in [1.807, 2.05) is 6.92 Å². The maximum absolute atomic E-state index is 5.27. The number of nitrogens with one attached hydrogen (secondary N) is 1. The first-order valence-corrected chi connectivity index (χ1v) is 6.20. The van der Waals surface area contributed by atoms with Crippen molar-refractivity contribution in [3.05, 3.63) is 0 Å². The number of nitrogens with zero attached hydrogens (tertiary/aromatic N) is 1. The van der Waals surface area contributed by atoms with Crippen LogP contribution in [0.1, 0.15) is 33.6 Å². The van der Waals surface area contributed by atoms with E-state index in [-0.39, 0.29) is 0 Å². The van der Waals surface area contributed by atoms with E-state index in [2.05, 4.69) is 24.1 Å². The predicted octanol–water partition coefficient (Wildman–Crippen LogP) is 1.49. The molecule has 0 atom stereocenters. The Hall–Kier alpha value is -0.120. The Morgan fingerprint density at radius 3 is 2.73 bits per heavy atom. The molecular formula is C12H26N2O. The Morgan fingerprint density at radius 1 is 1.33 bits per heavy atom. The molecule has 90 valence electrons. The molecule has 15 heavy (non-hydrogen) atoms. The molecule has 1 aliphatic heterocycles. The highest BCUT2D eigenvalue weighted by Gasteiger charge is 2.30. The van der Waals surface area contributed by atoms with Crippen LogP contribution in [-0.4, -0.2) is 49.8 Å². The van der Waals surface area contributed by atoms with Gasteiger partial charge in [0.15, 0.2) is 0 Å². The lowest BCUT2D eigenvalue weighted by Crippen LogP contribution is -2.42. The van der Waals surface area contributed by atoms with Gasteiger partial charge < -0.3 is 10.1 Å². The predicted molar refractivity (Wildman–Crippen MR) is 64.2 cm³/mol. The van der Waals surface area contributed by atoms with Gasteiger partial charge in [-0.25, -0.2) is 0 Å². The van der Waals surface area contributed by atoms with Gasteiger partial charge in [-0.3, -0.25) is 4.90 Å². The summed E-state index contributed by atoms with van der Waals surface area (Å²) in [5.74, 6) is 0. The quantitative estimate of drug-likeness (QED) is 0.650. The Bertz CT molecular complexity index is 171. The molecule has 0 aromatic rings. The zero-order chi connectivity index (χ0) is 11.1. The molecule has 3 heteroatoms. The topological polar surface area (TPSA) is 24.5 Å². The molecule has 1 saturated heterocycles. The fourth-order valence-electron chi connectivity index (χ4n) is 2.21. The molecule has 0 saturated carbocycles. The maximum atomic E-state index is 5.27. The molecule has 1 fully saturated rings. The average molecular weight is 214 g/mol. The fraction of sp³-hybridized carbons (Fsp3) is 1.00. The van der Waals surface area contributed by atoms with E-state index in [4.69, 9.17) is 4.74 Å². The third kappa shape index (κ3) is 4.49. The summed E-state index contributed by atoms with van der Waals surface area (Å²) in [6, 6.07) is 0. The number of ether oxygens (including phenoxy) is 1. The van der Waals surface area contributed by atoms with Crippen molar-refractivity contribution in [2.45, 2.75) is 39.2 Å². The standard InChI is InChI=1S/C12H26N2O/c1-4-15-11-8-13-7-10-14-9-5-6-12(14,2)3/h13H,4-11H2,1-3H3. The van der Waals surface area contributed by atoms with Crippen LogP contribution in [0.2, 0.25) is 0 Å². The Balaban J connectivity index is 2.00. The molecule has 0 aromatic heterocycles. The molecule has 1 rings (SSSR count). The molecule has 1 N–H and O–H groups in total. The van der Waals surface area contributed by atoms with Crippen LogP contribution in [0.3, 0.4) is 0 Å². The van der Waals surface area contributed by atoms with Gasteiger partial charge in [0.2, 0.25) is 0 Å². The first-order chi connectivity index (χ1) is 7.17. The van der Waals surface area contributed by atoms with Crippen molar-refractivity contribution in [1.29, 1.82) is 0 Å². The van der Waals surface area contributed by atoms with Crippen LogP contribution in [0.15, 0.2) is 0 Å². The lowest BCUT2D eigenvalue weighted by atomic mass is 10.0. The van der Waals surface area contributed by atoms with Gasteiger partial charge in [0.25, 0.3) is 0 Å². The second kappa shape index (κ2) is 6.46. The Labute approximate surface area is 94.2 Å². The zero-order valence-corrected chi connectivity index (χ0v) is 10.5. The van der Waals surface area contributed by atoms with Gasteiger partial charge in [0, 0.05) is 31.8 Å². The van der Waals surface area contributed by atoms with Crippen molar-refractivity contribution in [3.8, 4) is 0 Å². The molecule has 1 heterocycles. The van der Waals surface area contributed by atoms with Crippen LogP contribution in [0.25, 0.3) is 0 Å². The zero-order valence-electron chi connectivity index (χ0n) is 10.5. The van der Waals surface area contributed by atoms with E-state index < -0.39 is 0 Å². The van der Waals surface area contributed by atoms with E-state index in [1.54, 1.807) is 0 Å². The minimum absolute atomic E-state index is 0.418. The van der Waals surface area contributed by atoms with Crippen LogP contribution in [0.4, 0.5) is 0 Å². The van der Waals surface area contributed by atoms with E-state index >= 15 is 0 Å². The molecule has 0 radical (unpaired) electrons. The van der Waals surface area contributed by atoms with Gasteiger partial charge in [0.05, 0.1) is 6.61 Å².